The van der Waals surface area contributed by atoms with E-state index >= 15 is 0 Å². The Morgan fingerprint density at radius 3 is 1.38 bits per heavy atom. The van der Waals surface area contributed by atoms with Crippen molar-refractivity contribution >= 4 is 51.7 Å². The lowest BCUT2D eigenvalue weighted by atomic mass is 10.0. The fourth-order valence-electron chi connectivity index (χ4n) is 8.18. The number of aliphatic hydroxyl groups excluding tert-OH is 3. The summed E-state index contributed by atoms with van der Waals surface area (Å²) in [5, 5.41) is 33.4. The van der Waals surface area contributed by atoms with E-state index in [0.717, 1.165) is 55.4 Å². The van der Waals surface area contributed by atoms with Crippen LogP contribution in [0, 0.1) is 11.6 Å². The van der Waals surface area contributed by atoms with Gasteiger partial charge in [0, 0.05) is 69.2 Å². The minimum absolute atomic E-state index is 0.00350. The van der Waals surface area contributed by atoms with E-state index in [1.54, 1.807) is 84.0 Å². The van der Waals surface area contributed by atoms with Crippen molar-refractivity contribution < 1.29 is 48.0 Å². The van der Waals surface area contributed by atoms with Crippen LogP contribution < -0.4 is 0 Å². The molecule has 6 aromatic rings. The number of ether oxygens (including phenoxy) is 2. The van der Waals surface area contributed by atoms with Gasteiger partial charge in [0.05, 0.1) is 24.7 Å². The molecule has 0 saturated heterocycles. The number of Topliss-reactive ketones (excluding diaryl/α,β-unsaturated/α-hetero) is 1. The molecule has 3 atom stereocenters. The highest BCUT2D eigenvalue weighted by atomic mass is 19.1. The number of para-hydroxylation sites is 2. The largest absolute Gasteiger partial charge is 0.460 e. The Labute approximate surface area is 398 Å². The van der Waals surface area contributed by atoms with Crippen LogP contribution in [0.1, 0.15) is 118 Å². The van der Waals surface area contributed by atoms with Crippen molar-refractivity contribution in [3.63, 3.8) is 0 Å². The van der Waals surface area contributed by atoms with Crippen molar-refractivity contribution in [2.75, 3.05) is 0 Å². The zero-order chi connectivity index (χ0) is 50.1. The van der Waals surface area contributed by atoms with Crippen LogP contribution in [-0.4, -0.2) is 71.7 Å². The number of halogens is 2. The summed E-state index contributed by atoms with van der Waals surface area (Å²) in [5.74, 6) is -2.12. The molecule has 6 rings (SSSR count). The molecule has 12 heteroatoms. The molecule has 10 nitrogen and oxygen atoms in total. The molecule has 3 N–H and O–H groups in total. The maximum absolute atomic E-state index is 13.6. The predicted octanol–water partition coefficient (Wildman–Crippen LogP) is 12.0. The highest BCUT2D eigenvalue weighted by Crippen LogP contribution is 2.39. The summed E-state index contributed by atoms with van der Waals surface area (Å²) in [6, 6.07) is 28.9. The first kappa shape index (κ1) is 52.8. The van der Waals surface area contributed by atoms with Gasteiger partial charge in [-0.2, -0.15) is 0 Å². The summed E-state index contributed by atoms with van der Waals surface area (Å²) in [7, 11) is 0. The molecule has 2 aromatic heterocycles. The second kappa shape index (κ2) is 22.7. The molecule has 0 radical (unpaired) electrons. The van der Waals surface area contributed by atoms with Crippen LogP contribution in [0.2, 0.25) is 0 Å². The molecule has 362 valence electrons. The number of hydrogen-bond acceptors (Lipinski definition) is 8. The third-order valence-electron chi connectivity index (χ3n) is 10.7. The average molecular weight is 933 g/mol. The third-order valence-corrected chi connectivity index (χ3v) is 10.7. The predicted molar refractivity (Wildman–Crippen MR) is 267 cm³/mol. The molecular weight excluding hydrogens is 867 g/mol. The average Bonchev–Trinajstić information content (AvgIpc) is 3.74. The van der Waals surface area contributed by atoms with Gasteiger partial charge >= 0.3 is 11.9 Å². The van der Waals surface area contributed by atoms with Crippen molar-refractivity contribution in [3.8, 4) is 22.3 Å². The number of nitrogens with zero attached hydrogens (tertiary/aromatic N) is 2. The molecule has 0 spiro atoms. The van der Waals surface area contributed by atoms with Crippen LogP contribution in [0.5, 0.6) is 0 Å². The van der Waals surface area contributed by atoms with Crippen molar-refractivity contribution in [1.29, 1.82) is 0 Å². The lowest BCUT2D eigenvalue weighted by Gasteiger charge is -2.21. The van der Waals surface area contributed by atoms with Gasteiger partial charge in [0.25, 0.3) is 0 Å². The minimum Gasteiger partial charge on any atom is -0.460 e. The second-order valence-electron chi connectivity index (χ2n) is 19.5. The number of hydrogen-bond donors (Lipinski definition) is 3. The van der Waals surface area contributed by atoms with E-state index in [0.29, 0.717) is 0 Å². The Kier molecular flexibility index (Phi) is 17.6. The zero-order valence-corrected chi connectivity index (χ0v) is 40.8. The summed E-state index contributed by atoms with van der Waals surface area (Å²) < 4.78 is 41.9. The lowest BCUT2D eigenvalue weighted by molar-refractivity contribution is -0.158. The van der Waals surface area contributed by atoms with E-state index in [9.17, 15) is 38.5 Å². The Morgan fingerprint density at radius 1 is 0.574 bits per heavy atom. The van der Waals surface area contributed by atoms with Crippen LogP contribution in [0.25, 0.3) is 56.2 Å². The van der Waals surface area contributed by atoms with Gasteiger partial charge in [-0.3, -0.25) is 14.4 Å². The summed E-state index contributed by atoms with van der Waals surface area (Å²) in [6.45, 7) is 18.8. The molecule has 0 unspecified atom stereocenters. The number of carbonyl (C=O) groups is 3. The van der Waals surface area contributed by atoms with Gasteiger partial charge in [0.1, 0.15) is 35.0 Å². The van der Waals surface area contributed by atoms with Crippen molar-refractivity contribution in [1.82, 2.24) is 9.13 Å². The Hall–Kier alpha value is -6.21. The zero-order valence-electron chi connectivity index (χ0n) is 40.8. The summed E-state index contributed by atoms with van der Waals surface area (Å²) >= 11 is 0. The summed E-state index contributed by atoms with van der Waals surface area (Å²) in [6.07, 6.45) is 3.02. The highest BCUT2D eigenvalue weighted by Gasteiger charge is 2.24. The number of rotatable bonds is 16. The minimum atomic E-state index is -1.06. The van der Waals surface area contributed by atoms with Crippen LogP contribution >= 0.6 is 0 Å². The smallest absolute Gasteiger partial charge is 0.313 e. The first-order valence-electron chi connectivity index (χ1n) is 23.1. The number of carbonyl (C=O) groups excluding carboxylic acids is 3. The van der Waals surface area contributed by atoms with Crippen molar-refractivity contribution in [3.05, 3.63) is 132 Å². The fourth-order valence-corrected chi connectivity index (χ4v) is 8.18. The van der Waals surface area contributed by atoms with Crippen LogP contribution in [0.3, 0.4) is 0 Å². The quantitative estimate of drug-likeness (QED) is 0.0644. The SMILES string of the molecule is CC(C)n1c(/C=C/[C@H](O)CC(=O)CC(=O)OC(C)(C)C)c(-c2ccc(F)cc2)c2ccccc21.CC(C)n1c(/C=C/[C@H](O)C[C@H](O)CC(=O)OC(C)(C)C)c(-c2ccc(F)cc2)c2ccccc21. The van der Waals surface area contributed by atoms with E-state index in [1.807, 2.05) is 54.6 Å². The lowest BCUT2D eigenvalue weighted by Crippen LogP contribution is -2.27. The molecule has 0 aliphatic carbocycles. The number of aliphatic hydroxyl groups is 3. The third kappa shape index (κ3) is 14.4. The molecule has 2 heterocycles. The van der Waals surface area contributed by atoms with Crippen molar-refractivity contribution in [2.24, 2.45) is 0 Å². The van der Waals surface area contributed by atoms with Gasteiger partial charge in [0.2, 0.25) is 0 Å². The first-order chi connectivity index (χ1) is 31.9. The standard InChI is InChI=1S/C28H34FNO4.C28H32FNO4/c2*1-18(2)30-24-9-7-6-8-23(24)27(19-10-12-20(29)13-11-19)25(30)15-14-21(31)16-22(32)17-26(33)34-28(3,4)5/h6-15,18,21-22,31-32H,16-17H2,1-5H3;6-15,18,21,31H,16-17H2,1-5H3/b2*15-14+/t21-,22-;21-/m00/s1. The Bertz CT molecular complexity index is 2730. The van der Waals surface area contributed by atoms with E-state index in [-0.39, 0.29) is 49.4 Å². The van der Waals surface area contributed by atoms with Crippen LogP contribution in [0.4, 0.5) is 8.78 Å². The molecule has 0 aliphatic heterocycles. The number of aromatic nitrogens is 2. The fraction of sp³-hybridized carbons (Fsp3) is 0.375. The van der Waals surface area contributed by atoms with E-state index in [4.69, 9.17) is 9.47 Å². The van der Waals surface area contributed by atoms with Gasteiger partial charge in [-0.15, -0.1) is 0 Å². The summed E-state index contributed by atoms with van der Waals surface area (Å²) in [5.41, 5.74) is 6.08. The number of fused-ring (bicyclic) bond motifs is 2. The van der Waals surface area contributed by atoms with Gasteiger partial charge in [-0.05, 0) is 129 Å². The van der Waals surface area contributed by atoms with Crippen LogP contribution in [0.15, 0.2) is 109 Å². The van der Waals surface area contributed by atoms with E-state index in [2.05, 4.69) is 36.8 Å². The molecule has 0 amide bonds. The molecule has 0 fully saturated rings. The van der Waals surface area contributed by atoms with Gasteiger partial charge in [0.15, 0.2) is 0 Å². The second-order valence-corrected chi connectivity index (χ2v) is 19.5. The molecule has 0 aliphatic rings. The highest BCUT2D eigenvalue weighted by molar-refractivity contribution is 6.02. The molecule has 68 heavy (non-hydrogen) atoms. The number of benzene rings is 4. The maximum atomic E-state index is 13.6. The maximum Gasteiger partial charge on any atom is 0.313 e. The molecule has 4 aromatic carbocycles. The van der Waals surface area contributed by atoms with E-state index < -0.39 is 47.2 Å². The van der Waals surface area contributed by atoms with Gasteiger partial charge in [-0.1, -0.05) is 72.8 Å². The monoisotopic (exact) mass is 932 g/mol. The summed E-state index contributed by atoms with van der Waals surface area (Å²) in [4.78, 5) is 36.1. The van der Waals surface area contributed by atoms with Gasteiger partial charge in [-0.25, -0.2) is 8.78 Å². The molecule has 0 bridgehead atoms. The van der Waals surface area contributed by atoms with Crippen molar-refractivity contribution in [2.45, 2.75) is 137 Å². The first-order valence-corrected chi connectivity index (χ1v) is 23.1. The van der Waals surface area contributed by atoms with Gasteiger partial charge < -0.3 is 33.9 Å². The van der Waals surface area contributed by atoms with E-state index in [1.165, 1.54) is 24.3 Å². The number of ketones is 1. The molecular formula is C56H66F2N2O8. The van der Waals surface area contributed by atoms with Crippen LogP contribution in [-0.2, 0) is 23.9 Å². The number of esters is 2. The normalized spacial score (nSPS) is 13.6. The Balaban J connectivity index is 0.000000254. The topological polar surface area (TPSA) is 140 Å². The Morgan fingerprint density at radius 2 is 0.971 bits per heavy atom. The molecule has 0 saturated carbocycles.